The molecule has 1 unspecified atom stereocenters. The quantitative estimate of drug-likeness (QED) is 0.726. The molecule has 0 aromatic heterocycles. The lowest BCUT2D eigenvalue weighted by molar-refractivity contribution is -0.124. The number of rotatable bonds is 4. The van der Waals surface area contributed by atoms with Gasteiger partial charge in [-0.1, -0.05) is 6.07 Å². The fourth-order valence-electron chi connectivity index (χ4n) is 1.40. The zero-order valence-corrected chi connectivity index (χ0v) is 11.1. The Kier molecular flexibility index (Phi) is 5.15. The van der Waals surface area contributed by atoms with Crippen LogP contribution in [0.5, 0.6) is 0 Å². The molecule has 2 amide bonds. The maximum absolute atomic E-state index is 13.3. The molecule has 0 spiro atoms. The van der Waals surface area contributed by atoms with Gasteiger partial charge in [-0.2, -0.15) is 12.6 Å². The summed E-state index contributed by atoms with van der Waals surface area (Å²) >= 11 is 3.99. The van der Waals surface area contributed by atoms with Gasteiger partial charge in [0.1, 0.15) is 11.9 Å². The van der Waals surface area contributed by atoms with Gasteiger partial charge in [-0.3, -0.25) is 9.59 Å². The first-order valence-electron chi connectivity index (χ1n) is 5.39. The van der Waals surface area contributed by atoms with E-state index in [1.165, 1.54) is 19.1 Å². The molecule has 0 aliphatic rings. The minimum Gasteiger partial charge on any atom is -0.344 e. The minimum absolute atomic E-state index is 0.166. The van der Waals surface area contributed by atoms with Crippen LogP contribution in [0.25, 0.3) is 0 Å². The van der Waals surface area contributed by atoms with E-state index in [1.807, 2.05) is 0 Å². The number of hydrogen-bond donors (Lipinski definition) is 3. The third kappa shape index (κ3) is 3.73. The summed E-state index contributed by atoms with van der Waals surface area (Å²) in [5.41, 5.74) is 0.740. The maximum Gasteiger partial charge on any atom is 0.247 e. The van der Waals surface area contributed by atoms with E-state index >= 15 is 0 Å². The minimum atomic E-state index is -0.742. The zero-order chi connectivity index (χ0) is 13.7. The van der Waals surface area contributed by atoms with Crippen molar-refractivity contribution in [2.24, 2.45) is 0 Å². The van der Waals surface area contributed by atoms with Crippen LogP contribution in [0.3, 0.4) is 0 Å². The van der Waals surface area contributed by atoms with Crippen LogP contribution in [0.4, 0.5) is 10.1 Å². The summed E-state index contributed by atoms with van der Waals surface area (Å²) in [5.74, 6) is -0.969. The Morgan fingerprint density at radius 2 is 2.11 bits per heavy atom. The topological polar surface area (TPSA) is 58.2 Å². The van der Waals surface area contributed by atoms with Crippen LogP contribution in [0.1, 0.15) is 12.5 Å². The molecule has 1 atom stereocenters. The number of nitrogens with one attached hydrogen (secondary N) is 2. The van der Waals surface area contributed by atoms with Gasteiger partial charge >= 0.3 is 0 Å². The molecule has 18 heavy (non-hydrogen) atoms. The zero-order valence-electron chi connectivity index (χ0n) is 10.2. The summed E-state index contributed by atoms with van der Waals surface area (Å²) in [6, 6.07) is 3.68. The van der Waals surface area contributed by atoms with E-state index in [1.54, 1.807) is 13.0 Å². The number of benzene rings is 1. The van der Waals surface area contributed by atoms with E-state index in [0.717, 1.165) is 0 Å². The van der Waals surface area contributed by atoms with Crippen molar-refractivity contribution in [3.8, 4) is 0 Å². The van der Waals surface area contributed by atoms with E-state index in [4.69, 9.17) is 0 Å². The van der Waals surface area contributed by atoms with Crippen LogP contribution in [0, 0.1) is 12.7 Å². The summed E-state index contributed by atoms with van der Waals surface area (Å²) in [7, 11) is 0. The second-order valence-corrected chi connectivity index (χ2v) is 4.20. The second kappa shape index (κ2) is 6.39. The number of anilines is 1. The lowest BCUT2D eigenvalue weighted by Crippen LogP contribution is -2.44. The normalized spacial score (nSPS) is 11.8. The highest BCUT2D eigenvalue weighted by Crippen LogP contribution is 2.17. The molecule has 0 aliphatic carbocycles. The highest BCUT2D eigenvalue weighted by Gasteiger charge is 2.18. The van der Waals surface area contributed by atoms with E-state index in [-0.39, 0.29) is 11.7 Å². The third-order valence-electron chi connectivity index (χ3n) is 2.40. The van der Waals surface area contributed by atoms with Gasteiger partial charge in [0.05, 0.1) is 0 Å². The fourth-order valence-corrected chi connectivity index (χ4v) is 1.66. The summed E-state index contributed by atoms with van der Waals surface area (Å²) in [4.78, 5) is 22.8. The number of carbonyl (C=O) groups excluding carboxylic acids is 2. The van der Waals surface area contributed by atoms with Crippen molar-refractivity contribution < 1.29 is 14.0 Å². The summed E-state index contributed by atoms with van der Waals surface area (Å²) in [6.45, 7) is 2.89. The molecule has 6 heteroatoms. The number of hydrogen-bond acceptors (Lipinski definition) is 3. The predicted molar refractivity (Wildman–Crippen MR) is 71.2 cm³/mol. The average Bonchev–Trinajstić information content (AvgIpc) is 2.31. The highest BCUT2D eigenvalue weighted by molar-refractivity contribution is 7.80. The van der Waals surface area contributed by atoms with E-state index < -0.39 is 17.8 Å². The van der Waals surface area contributed by atoms with Crippen molar-refractivity contribution >= 4 is 30.1 Å². The van der Waals surface area contributed by atoms with E-state index in [2.05, 4.69) is 23.3 Å². The highest BCUT2D eigenvalue weighted by atomic mass is 32.1. The first-order valence-corrected chi connectivity index (χ1v) is 6.03. The molecule has 0 saturated heterocycles. The molecule has 4 nitrogen and oxygen atoms in total. The first-order chi connectivity index (χ1) is 8.45. The van der Waals surface area contributed by atoms with Crippen molar-refractivity contribution in [1.82, 2.24) is 5.32 Å². The first kappa shape index (κ1) is 14.5. The van der Waals surface area contributed by atoms with E-state index in [0.29, 0.717) is 11.3 Å². The van der Waals surface area contributed by atoms with Gasteiger partial charge in [-0.15, -0.1) is 0 Å². The molecule has 1 aromatic rings. The van der Waals surface area contributed by atoms with Gasteiger partial charge in [0.25, 0.3) is 0 Å². The van der Waals surface area contributed by atoms with Crippen molar-refractivity contribution in [2.75, 3.05) is 11.1 Å². The van der Waals surface area contributed by atoms with Gasteiger partial charge in [0.2, 0.25) is 11.8 Å². The molecule has 0 radical (unpaired) electrons. The molecule has 1 rings (SSSR count). The lowest BCUT2D eigenvalue weighted by atomic mass is 10.2. The standard InChI is InChI=1S/C12H15FN2O2S/c1-7-9(13)4-3-5-10(7)15-12(17)11(6-18)14-8(2)16/h3-5,11,18H,6H2,1-2H3,(H,14,16)(H,15,17). The molecule has 0 saturated carbocycles. The van der Waals surface area contributed by atoms with Gasteiger partial charge in [-0.05, 0) is 19.1 Å². The van der Waals surface area contributed by atoms with Crippen LogP contribution in [-0.2, 0) is 9.59 Å². The Labute approximate surface area is 110 Å². The number of carbonyl (C=O) groups is 2. The van der Waals surface area contributed by atoms with Gasteiger partial charge in [0, 0.05) is 23.9 Å². The van der Waals surface area contributed by atoms with Crippen LogP contribution in [0.15, 0.2) is 18.2 Å². The van der Waals surface area contributed by atoms with Crippen molar-refractivity contribution in [2.45, 2.75) is 19.9 Å². The SMILES string of the molecule is CC(=O)NC(CS)C(=O)Nc1cccc(F)c1C. The molecule has 0 bridgehead atoms. The van der Waals surface area contributed by atoms with Crippen LogP contribution >= 0.6 is 12.6 Å². The Bertz CT molecular complexity index is 465. The molecular weight excluding hydrogens is 255 g/mol. The van der Waals surface area contributed by atoms with Crippen LogP contribution < -0.4 is 10.6 Å². The number of thiol groups is 1. The summed E-state index contributed by atoms with van der Waals surface area (Å²) < 4.78 is 13.3. The largest absolute Gasteiger partial charge is 0.344 e. The molecule has 0 fully saturated rings. The van der Waals surface area contributed by atoms with Crippen LogP contribution in [-0.4, -0.2) is 23.6 Å². The molecule has 2 N–H and O–H groups in total. The van der Waals surface area contributed by atoms with Crippen molar-refractivity contribution in [1.29, 1.82) is 0 Å². The predicted octanol–water partition coefficient (Wildman–Crippen LogP) is 1.51. The monoisotopic (exact) mass is 270 g/mol. The number of halogens is 1. The van der Waals surface area contributed by atoms with Crippen molar-refractivity contribution in [3.05, 3.63) is 29.6 Å². The fraction of sp³-hybridized carbons (Fsp3) is 0.333. The average molecular weight is 270 g/mol. The lowest BCUT2D eigenvalue weighted by Gasteiger charge is -2.16. The molecular formula is C12H15FN2O2S. The van der Waals surface area contributed by atoms with Gasteiger partial charge in [0.15, 0.2) is 0 Å². The Morgan fingerprint density at radius 3 is 2.67 bits per heavy atom. The third-order valence-corrected chi connectivity index (χ3v) is 2.77. The number of amides is 2. The summed E-state index contributed by atoms with van der Waals surface area (Å²) in [6.07, 6.45) is 0. The van der Waals surface area contributed by atoms with Gasteiger partial charge < -0.3 is 10.6 Å². The Balaban J connectivity index is 2.80. The van der Waals surface area contributed by atoms with Crippen LogP contribution in [0.2, 0.25) is 0 Å². The second-order valence-electron chi connectivity index (χ2n) is 3.84. The Hall–Kier alpha value is -1.56. The summed E-state index contributed by atoms with van der Waals surface area (Å²) in [5, 5.41) is 5.03. The van der Waals surface area contributed by atoms with Gasteiger partial charge in [-0.25, -0.2) is 4.39 Å². The van der Waals surface area contributed by atoms with E-state index in [9.17, 15) is 14.0 Å². The molecule has 98 valence electrons. The Morgan fingerprint density at radius 1 is 1.44 bits per heavy atom. The molecule has 1 aromatic carbocycles. The molecule has 0 aliphatic heterocycles. The maximum atomic E-state index is 13.3. The molecule has 0 heterocycles. The smallest absolute Gasteiger partial charge is 0.247 e. The van der Waals surface area contributed by atoms with Crippen molar-refractivity contribution in [3.63, 3.8) is 0 Å².